The molecule has 8 heteroatoms. The van der Waals surface area contributed by atoms with E-state index < -0.39 is 10.0 Å². The second kappa shape index (κ2) is 10.1. The molecule has 0 aliphatic heterocycles. The van der Waals surface area contributed by atoms with Crippen molar-refractivity contribution in [1.29, 1.82) is 0 Å². The average molecular weight is 407 g/mol. The third-order valence-corrected chi connectivity index (χ3v) is 5.33. The summed E-state index contributed by atoms with van der Waals surface area (Å²) in [5.41, 5.74) is 1.96. The SMILES string of the molecule is CCOc1ccc(S(=O)(=O)Nc2ccc(CC(=O)NCCOC)cc2)cc1C. The van der Waals surface area contributed by atoms with E-state index in [0.717, 1.165) is 11.1 Å². The normalized spacial score (nSPS) is 11.1. The molecule has 0 atom stereocenters. The minimum absolute atomic E-state index is 0.116. The van der Waals surface area contributed by atoms with Crippen molar-refractivity contribution < 1.29 is 22.7 Å². The van der Waals surface area contributed by atoms with Crippen LogP contribution in [0.4, 0.5) is 5.69 Å². The highest BCUT2D eigenvalue weighted by atomic mass is 32.2. The third kappa shape index (κ3) is 6.24. The number of carbonyl (C=O) groups is 1. The number of benzene rings is 2. The van der Waals surface area contributed by atoms with E-state index in [1.54, 1.807) is 50.4 Å². The second-order valence-corrected chi connectivity index (χ2v) is 7.86. The lowest BCUT2D eigenvalue weighted by molar-refractivity contribution is -0.120. The maximum absolute atomic E-state index is 12.6. The van der Waals surface area contributed by atoms with Gasteiger partial charge in [-0.05, 0) is 55.3 Å². The Kier molecular flexibility index (Phi) is 7.83. The molecule has 2 N–H and O–H groups in total. The van der Waals surface area contributed by atoms with E-state index in [1.807, 2.05) is 6.92 Å². The largest absolute Gasteiger partial charge is 0.494 e. The smallest absolute Gasteiger partial charge is 0.261 e. The van der Waals surface area contributed by atoms with Crippen molar-refractivity contribution in [2.24, 2.45) is 0 Å². The van der Waals surface area contributed by atoms with E-state index in [1.165, 1.54) is 6.07 Å². The number of nitrogens with one attached hydrogen (secondary N) is 2. The molecule has 0 fully saturated rings. The van der Waals surface area contributed by atoms with Crippen molar-refractivity contribution in [2.45, 2.75) is 25.2 Å². The first-order valence-electron chi connectivity index (χ1n) is 8.96. The molecular formula is C20H26N2O5S. The number of rotatable bonds is 10. The number of aryl methyl sites for hydroxylation is 1. The Bertz CT molecular complexity index is 895. The number of carbonyl (C=O) groups excluding carboxylic acids is 1. The highest BCUT2D eigenvalue weighted by Crippen LogP contribution is 2.23. The Balaban J connectivity index is 2.02. The average Bonchev–Trinajstić information content (AvgIpc) is 2.65. The lowest BCUT2D eigenvalue weighted by atomic mass is 10.1. The summed E-state index contributed by atoms with van der Waals surface area (Å²) in [7, 11) is -2.15. The van der Waals surface area contributed by atoms with Crippen LogP contribution < -0.4 is 14.8 Å². The molecule has 0 bridgehead atoms. The molecule has 2 aromatic carbocycles. The summed E-state index contributed by atoms with van der Waals surface area (Å²) in [6, 6.07) is 11.5. The zero-order valence-electron chi connectivity index (χ0n) is 16.3. The summed E-state index contributed by atoms with van der Waals surface area (Å²) >= 11 is 0. The van der Waals surface area contributed by atoms with E-state index in [0.29, 0.717) is 31.2 Å². The monoisotopic (exact) mass is 406 g/mol. The maximum atomic E-state index is 12.6. The Labute approximate surface area is 166 Å². The molecule has 2 aromatic rings. The number of hydrogen-bond acceptors (Lipinski definition) is 5. The first-order valence-corrected chi connectivity index (χ1v) is 10.4. The van der Waals surface area contributed by atoms with Gasteiger partial charge in [0, 0.05) is 19.3 Å². The van der Waals surface area contributed by atoms with Crippen LogP contribution in [0.25, 0.3) is 0 Å². The van der Waals surface area contributed by atoms with Gasteiger partial charge in [-0.2, -0.15) is 0 Å². The fourth-order valence-electron chi connectivity index (χ4n) is 2.55. The molecule has 0 aromatic heterocycles. The molecule has 28 heavy (non-hydrogen) atoms. The van der Waals surface area contributed by atoms with Crippen LogP contribution in [-0.2, 0) is 26.0 Å². The Hall–Kier alpha value is -2.58. The van der Waals surface area contributed by atoms with Crippen LogP contribution in [0.3, 0.4) is 0 Å². The Morgan fingerprint density at radius 1 is 1.11 bits per heavy atom. The first-order chi connectivity index (χ1) is 13.4. The second-order valence-electron chi connectivity index (χ2n) is 6.18. The lowest BCUT2D eigenvalue weighted by Gasteiger charge is -2.12. The van der Waals surface area contributed by atoms with Gasteiger partial charge in [0.05, 0.1) is 24.5 Å². The van der Waals surface area contributed by atoms with Crippen molar-refractivity contribution in [1.82, 2.24) is 5.32 Å². The molecule has 2 rings (SSSR count). The molecule has 0 saturated heterocycles. The summed E-state index contributed by atoms with van der Waals surface area (Å²) < 4.78 is 38.1. The fourth-order valence-corrected chi connectivity index (χ4v) is 3.69. The van der Waals surface area contributed by atoms with Crippen LogP contribution in [0, 0.1) is 6.92 Å². The van der Waals surface area contributed by atoms with Gasteiger partial charge in [-0.3, -0.25) is 9.52 Å². The van der Waals surface area contributed by atoms with Gasteiger partial charge in [0.15, 0.2) is 0 Å². The van der Waals surface area contributed by atoms with Crippen molar-refractivity contribution in [3.05, 3.63) is 53.6 Å². The molecule has 0 saturated carbocycles. The van der Waals surface area contributed by atoms with Crippen molar-refractivity contribution in [2.75, 3.05) is 31.6 Å². The molecule has 0 aliphatic rings. The van der Waals surface area contributed by atoms with Gasteiger partial charge in [0.1, 0.15) is 5.75 Å². The van der Waals surface area contributed by atoms with Crippen molar-refractivity contribution >= 4 is 21.6 Å². The summed E-state index contributed by atoms with van der Waals surface area (Å²) in [5.74, 6) is 0.546. The van der Waals surface area contributed by atoms with Crippen LogP contribution in [0.15, 0.2) is 47.4 Å². The molecule has 0 aliphatic carbocycles. The molecule has 152 valence electrons. The van der Waals surface area contributed by atoms with Crippen LogP contribution in [-0.4, -0.2) is 41.2 Å². The van der Waals surface area contributed by atoms with Crippen molar-refractivity contribution in [3.8, 4) is 5.75 Å². The quantitative estimate of drug-likeness (QED) is 0.591. The van der Waals surface area contributed by atoms with Gasteiger partial charge in [0.25, 0.3) is 10.0 Å². The molecule has 0 heterocycles. The molecule has 1 amide bonds. The van der Waals surface area contributed by atoms with E-state index in [-0.39, 0.29) is 17.2 Å². The lowest BCUT2D eigenvalue weighted by Crippen LogP contribution is -2.28. The fraction of sp³-hybridized carbons (Fsp3) is 0.350. The van der Waals surface area contributed by atoms with Gasteiger partial charge in [-0.1, -0.05) is 12.1 Å². The van der Waals surface area contributed by atoms with E-state index in [9.17, 15) is 13.2 Å². The topological polar surface area (TPSA) is 93.7 Å². The number of methoxy groups -OCH3 is 1. The first kappa shape index (κ1) is 21.7. The van der Waals surface area contributed by atoms with E-state index in [4.69, 9.17) is 9.47 Å². The molecule has 0 unspecified atom stereocenters. The third-order valence-electron chi connectivity index (χ3n) is 3.96. The zero-order valence-corrected chi connectivity index (χ0v) is 17.1. The molecular weight excluding hydrogens is 380 g/mol. The van der Waals surface area contributed by atoms with Gasteiger partial charge in [0.2, 0.25) is 5.91 Å². The summed E-state index contributed by atoms with van der Waals surface area (Å²) in [4.78, 5) is 12.0. The summed E-state index contributed by atoms with van der Waals surface area (Å²) in [6.45, 7) is 5.10. The minimum Gasteiger partial charge on any atom is -0.494 e. The molecule has 0 spiro atoms. The van der Waals surface area contributed by atoms with Gasteiger partial charge >= 0.3 is 0 Å². The molecule has 7 nitrogen and oxygen atoms in total. The van der Waals surface area contributed by atoms with Gasteiger partial charge in [-0.25, -0.2) is 8.42 Å². The number of sulfonamides is 1. The van der Waals surface area contributed by atoms with Gasteiger partial charge in [-0.15, -0.1) is 0 Å². The highest BCUT2D eigenvalue weighted by molar-refractivity contribution is 7.92. The number of anilines is 1. The number of amides is 1. The molecule has 0 radical (unpaired) electrons. The predicted octanol–water partition coefficient (Wildman–Crippen LogP) is 2.50. The van der Waals surface area contributed by atoms with Gasteiger partial charge < -0.3 is 14.8 Å². The van der Waals surface area contributed by atoms with E-state index >= 15 is 0 Å². The van der Waals surface area contributed by atoms with Crippen LogP contribution in [0.2, 0.25) is 0 Å². The maximum Gasteiger partial charge on any atom is 0.261 e. The number of hydrogen-bond donors (Lipinski definition) is 2. The Morgan fingerprint density at radius 3 is 2.43 bits per heavy atom. The van der Waals surface area contributed by atoms with Crippen molar-refractivity contribution in [3.63, 3.8) is 0 Å². The number of ether oxygens (including phenoxy) is 2. The van der Waals surface area contributed by atoms with E-state index in [2.05, 4.69) is 10.0 Å². The van der Waals surface area contributed by atoms with Crippen LogP contribution in [0.1, 0.15) is 18.1 Å². The minimum atomic E-state index is -3.72. The zero-order chi connectivity index (χ0) is 20.6. The Morgan fingerprint density at radius 2 is 1.82 bits per heavy atom. The standard InChI is InChI=1S/C20H26N2O5S/c1-4-27-19-10-9-18(13-15(19)2)28(24,25)22-17-7-5-16(6-8-17)14-20(23)21-11-12-26-3/h5-10,13,22H,4,11-12,14H2,1-3H3,(H,21,23). The van der Waals surface area contributed by atoms with Crippen LogP contribution >= 0.6 is 0 Å². The van der Waals surface area contributed by atoms with Crippen LogP contribution in [0.5, 0.6) is 5.75 Å². The summed E-state index contributed by atoms with van der Waals surface area (Å²) in [6.07, 6.45) is 0.217. The summed E-state index contributed by atoms with van der Waals surface area (Å²) in [5, 5.41) is 2.74. The predicted molar refractivity (Wildman–Crippen MR) is 108 cm³/mol. The highest BCUT2D eigenvalue weighted by Gasteiger charge is 2.16.